The van der Waals surface area contributed by atoms with Crippen molar-refractivity contribution in [1.29, 1.82) is 0 Å². The van der Waals surface area contributed by atoms with Crippen molar-refractivity contribution < 1.29 is 29.0 Å². The van der Waals surface area contributed by atoms with E-state index in [-0.39, 0.29) is 31.5 Å². The largest absolute Gasteiger partial charge is 0.481 e. The highest BCUT2D eigenvalue weighted by Crippen LogP contribution is 2.44. The average Bonchev–Trinajstić information content (AvgIpc) is 3.37. The van der Waals surface area contributed by atoms with E-state index in [9.17, 15) is 19.5 Å². The van der Waals surface area contributed by atoms with Crippen molar-refractivity contribution in [2.75, 3.05) is 33.4 Å². The number of amides is 2. The molecule has 0 spiro atoms. The summed E-state index contributed by atoms with van der Waals surface area (Å²) in [7, 11) is 1.38. The van der Waals surface area contributed by atoms with Gasteiger partial charge in [-0.05, 0) is 35.6 Å². The molecule has 0 aromatic heterocycles. The van der Waals surface area contributed by atoms with Gasteiger partial charge in [-0.25, -0.2) is 4.79 Å². The van der Waals surface area contributed by atoms with Gasteiger partial charge in [0.15, 0.2) is 6.10 Å². The van der Waals surface area contributed by atoms with Crippen molar-refractivity contribution in [2.24, 2.45) is 5.41 Å². The van der Waals surface area contributed by atoms with Gasteiger partial charge in [0.25, 0.3) is 5.91 Å². The lowest BCUT2D eigenvalue weighted by molar-refractivity contribution is -0.148. The summed E-state index contributed by atoms with van der Waals surface area (Å²) in [5.41, 5.74) is 3.56. The Bertz CT molecular complexity index is 1020. The molecule has 0 bridgehead atoms. The van der Waals surface area contributed by atoms with Crippen LogP contribution in [-0.4, -0.2) is 67.4 Å². The summed E-state index contributed by atoms with van der Waals surface area (Å²) in [6, 6.07) is 16.2. The van der Waals surface area contributed by atoms with Crippen LogP contribution in [0.3, 0.4) is 0 Å². The van der Waals surface area contributed by atoms with Gasteiger partial charge in [-0.15, -0.1) is 0 Å². The molecule has 2 aromatic carbocycles. The highest BCUT2D eigenvalue weighted by atomic mass is 16.5. The third-order valence-electron chi connectivity index (χ3n) is 6.64. The summed E-state index contributed by atoms with van der Waals surface area (Å²) in [6.07, 6.45) is -1.17. The van der Waals surface area contributed by atoms with Gasteiger partial charge in [0, 0.05) is 26.1 Å². The minimum absolute atomic E-state index is 0.0544. The smallest absolute Gasteiger partial charge is 0.407 e. The molecule has 2 unspecified atom stereocenters. The number of likely N-dealkylation sites (tertiary alicyclic amines) is 1. The molecular weight excluding hydrogens is 424 g/mol. The van der Waals surface area contributed by atoms with Crippen LogP contribution in [0.2, 0.25) is 0 Å². The fourth-order valence-corrected chi connectivity index (χ4v) is 4.62. The third-order valence-corrected chi connectivity index (χ3v) is 6.64. The summed E-state index contributed by atoms with van der Waals surface area (Å²) in [6.45, 7) is 2.19. The maximum absolute atomic E-state index is 12.8. The average molecular weight is 453 g/mol. The van der Waals surface area contributed by atoms with E-state index in [1.54, 1.807) is 6.92 Å². The number of ether oxygens (including phenoxy) is 2. The van der Waals surface area contributed by atoms with Crippen LogP contribution in [0, 0.1) is 5.41 Å². The molecule has 8 heteroatoms. The van der Waals surface area contributed by atoms with Crippen LogP contribution in [-0.2, 0) is 19.1 Å². The van der Waals surface area contributed by atoms with Crippen molar-refractivity contribution in [2.45, 2.75) is 25.4 Å². The van der Waals surface area contributed by atoms with Crippen LogP contribution in [0.25, 0.3) is 11.1 Å². The van der Waals surface area contributed by atoms with Gasteiger partial charge < -0.3 is 24.8 Å². The van der Waals surface area contributed by atoms with Crippen LogP contribution in [0.1, 0.15) is 30.4 Å². The molecule has 1 heterocycles. The van der Waals surface area contributed by atoms with Crippen LogP contribution < -0.4 is 5.32 Å². The van der Waals surface area contributed by atoms with Crippen molar-refractivity contribution >= 4 is 18.0 Å². The highest BCUT2D eigenvalue weighted by molar-refractivity contribution is 5.84. The van der Waals surface area contributed by atoms with E-state index in [0.717, 1.165) is 22.3 Å². The molecule has 174 valence electrons. The Labute approximate surface area is 192 Å². The maximum Gasteiger partial charge on any atom is 0.407 e. The van der Waals surface area contributed by atoms with Gasteiger partial charge in [0.2, 0.25) is 0 Å². The number of carbonyl (C=O) groups is 3. The van der Waals surface area contributed by atoms with Gasteiger partial charge in [-0.1, -0.05) is 48.5 Å². The van der Waals surface area contributed by atoms with Crippen LogP contribution in [0.15, 0.2) is 48.5 Å². The van der Waals surface area contributed by atoms with E-state index in [1.165, 1.54) is 12.0 Å². The highest BCUT2D eigenvalue weighted by Gasteiger charge is 2.43. The van der Waals surface area contributed by atoms with E-state index in [2.05, 4.69) is 17.4 Å². The molecule has 2 aromatic rings. The predicted octanol–water partition coefficient (Wildman–Crippen LogP) is 2.86. The second-order valence-corrected chi connectivity index (χ2v) is 8.81. The lowest BCUT2D eigenvalue weighted by Gasteiger charge is -2.24. The Kier molecular flexibility index (Phi) is 6.37. The molecule has 1 aliphatic carbocycles. The second-order valence-electron chi connectivity index (χ2n) is 8.81. The summed E-state index contributed by atoms with van der Waals surface area (Å²) in [5, 5.41) is 12.0. The van der Waals surface area contributed by atoms with Crippen molar-refractivity contribution in [3.63, 3.8) is 0 Å². The SMILES string of the molecule is COC(CNC(=O)OCC1c2ccccc2-c2ccccc21)C(=O)N1CCC(C)(C(=O)O)C1. The number of nitrogens with zero attached hydrogens (tertiary/aromatic N) is 1. The van der Waals surface area contributed by atoms with Gasteiger partial charge in [0.05, 0.1) is 12.0 Å². The van der Waals surface area contributed by atoms with Gasteiger partial charge in [0.1, 0.15) is 6.61 Å². The zero-order chi connectivity index (χ0) is 23.6. The topological polar surface area (TPSA) is 105 Å². The Balaban J connectivity index is 1.32. The molecular formula is C25H28N2O6. The fourth-order valence-electron chi connectivity index (χ4n) is 4.62. The number of alkyl carbamates (subject to hydrolysis) is 1. The number of carboxylic acids is 1. The van der Waals surface area contributed by atoms with Crippen LogP contribution in [0.4, 0.5) is 4.79 Å². The number of aliphatic carboxylic acids is 1. The summed E-state index contributed by atoms with van der Waals surface area (Å²) >= 11 is 0. The number of hydrogen-bond donors (Lipinski definition) is 2. The van der Waals surface area contributed by atoms with Crippen LogP contribution >= 0.6 is 0 Å². The summed E-state index contributed by atoms with van der Waals surface area (Å²) in [5.74, 6) is -1.33. The minimum atomic E-state index is -0.964. The first-order valence-electron chi connectivity index (χ1n) is 11.0. The number of rotatable bonds is 7. The normalized spacial score (nSPS) is 20.1. The Morgan fingerprint density at radius 2 is 1.73 bits per heavy atom. The quantitative estimate of drug-likeness (QED) is 0.669. The third kappa shape index (κ3) is 4.43. The van der Waals surface area contributed by atoms with Gasteiger partial charge >= 0.3 is 12.1 Å². The molecule has 2 amide bonds. The van der Waals surface area contributed by atoms with E-state index in [4.69, 9.17) is 9.47 Å². The minimum Gasteiger partial charge on any atom is -0.481 e. The lowest BCUT2D eigenvalue weighted by atomic mass is 9.90. The number of carboxylic acid groups (broad SMARTS) is 1. The first-order valence-corrected chi connectivity index (χ1v) is 11.0. The number of carbonyl (C=O) groups excluding carboxylic acids is 2. The first kappa shape index (κ1) is 22.8. The molecule has 1 fully saturated rings. The summed E-state index contributed by atoms with van der Waals surface area (Å²) in [4.78, 5) is 38.1. The number of fused-ring (bicyclic) bond motifs is 3. The maximum atomic E-state index is 12.8. The zero-order valence-corrected chi connectivity index (χ0v) is 18.7. The monoisotopic (exact) mass is 452 g/mol. The molecule has 2 aliphatic rings. The number of nitrogens with one attached hydrogen (secondary N) is 1. The zero-order valence-electron chi connectivity index (χ0n) is 18.7. The molecule has 2 atom stereocenters. The van der Waals surface area contributed by atoms with Crippen LogP contribution in [0.5, 0.6) is 0 Å². The first-order chi connectivity index (χ1) is 15.8. The molecule has 0 saturated carbocycles. The predicted molar refractivity (Wildman–Crippen MR) is 121 cm³/mol. The molecule has 8 nitrogen and oxygen atoms in total. The molecule has 2 N–H and O–H groups in total. The number of benzene rings is 2. The van der Waals surface area contributed by atoms with E-state index in [1.807, 2.05) is 36.4 Å². The standard InChI is InChI=1S/C25H28N2O6/c1-25(23(29)30)11-12-27(15-25)22(28)21(32-2)13-26-24(31)33-14-20-18-9-5-3-7-16(18)17-8-4-6-10-19(17)20/h3-10,20-21H,11-15H2,1-2H3,(H,26,31)(H,29,30). The molecule has 33 heavy (non-hydrogen) atoms. The van der Waals surface area contributed by atoms with E-state index in [0.29, 0.717) is 13.0 Å². The molecule has 1 aliphatic heterocycles. The Hall–Kier alpha value is -3.39. The lowest BCUT2D eigenvalue weighted by Crippen LogP contribution is -2.46. The van der Waals surface area contributed by atoms with Crippen molar-refractivity contribution in [3.05, 3.63) is 59.7 Å². The molecule has 4 rings (SSSR count). The number of hydrogen-bond acceptors (Lipinski definition) is 5. The van der Waals surface area contributed by atoms with Crippen molar-refractivity contribution in [3.8, 4) is 11.1 Å². The summed E-state index contributed by atoms with van der Waals surface area (Å²) < 4.78 is 10.8. The number of methoxy groups -OCH3 is 1. The van der Waals surface area contributed by atoms with E-state index < -0.39 is 23.6 Å². The van der Waals surface area contributed by atoms with Gasteiger partial charge in [-0.3, -0.25) is 9.59 Å². The fraction of sp³-hybridized carbons (Fsp3) is 0.400. The molecule has 0 radical (unpaired) electrons. The van der Waals surface area contributed by atoms with E-state index >= 15 is 0 Å². The molecule has 1 saturated heterocycles. The Morgan fingerprint density at radius 1 is 1.12 bits per heavy atom. The Morgan fingerprint density at radius 3 is 2.27 bits per heavy atom. The second kappa shape index (κ2) is 9.23. The van der Waals surface area contributed by atoms with Crippen molar-refractivity contribution in [1.82, 2.24) is 10.2 Å². The van der Waals surface area contributed by atoms with Gasteiger partial charge in [-0.2, -0.15) is 0 Å².